The molecule has 4 heterocycles. The maximum atomic E-state index is 14.2. The third-order valence-electron chi connectivity index (χ3n) is 6.95. The molecule has 3 N–H and O–H groups in total. The Morgan fingerprint density at radius 1 is 1.07 bits per heavy atom. The molecule has 0 aliphatic heterocycles. The maximum absolute atomic E-state index is 14.2. The number of aromatic nitrogens is 5. The van der Waals surface area contributed by atoms with Gasteiger partial charge in [0.15, 0.2) is 11.5 Å². The van der Waals surface area contributed by atoms with E-state index < -0.39 is 11.9 Å². The van der Waals surface area contributed by atoms with Crippen LogP contribution in [0.5, 0.6) is 0 Å². The van der Waals surface area contributed by atoms with Gasteiger partial charge in [0, 0.05) is 28.7 Å². The molecule has 9 nitrogen and oxygen atoms in total. The van der Waals surface area contributed by atoms with Crippen LogP contribution in [-0.2, 0) is 0 Å². The number of fused-ring (bicyclic) bond motifs is 2. The van der Waals surface area contributed by atoms with Gasteiger partial charge in [-0.1, -0.05) is 42.5 Å². The summed E-state index contributed by atoms with van der Waals surface area (Å²) in [6.45, 7) is 5.66. The van der Waals surface area contributed by atoms with Crippen molar-refractivity contribution in [2.75, 3.05) is 5.73 Å². The van der Waals surface area contributed by atoms with Gasteiger partial charge < -0.3 is 11.1 Å². The first-order valence-corrected chi connectivity index (χ1v) is 13.9. The fourth-order valence-corrected chi connectivity index (χ4v) is 5.56. The Hall–Kier alpha value is -5.09. The van der Waals surface area contributed by atoms with E-state index in [0.29, 0.717) is 22.4 Å². The number of benzene rings is 2. The van der Waals surface area contributed by atoms with Crippen molar-refractivity contribution < 1.29 is 4.79 Å². The van der Waals surface area contributed by atoms with Crippen molar-refractivity contribution in [2.45, 2.75) is 26.8 Å². The molecule has 1 atom stereocenters. The number of anilines is 1. The topological polar surface area (TPSA) is 120 Å². The van der Waals surface area contributed by atoms with Gasteiger partial charge in [-0.2, -0.15) is 0 Å². The first kappa shape index (κ1) is 26.1. The summed E-state index contributed by atoms with van der Waals surface area (Å²) in [6.07, 6.45) is 5.45. The minimum atomic E-state index is -0.559. The van der Waals surface area contributed by atoms with Crippen molar-refractivity contribution in [1.29, 1.82) is 0 Å². The van der Waals surface area contributed by atoms with Gasteiger partial charge in [-0.25, -0.2) is 14.5 Å². The number of rotatable bonds is 6. The number of nitrogens with two attached hydrogens (primary N) is 1. The maximum Gasteiger partial charge on any atom is 0.263 e. The van der Waals surface area contributed by atoms with E-state index in [9.17, 15) is 9.59 Å². The molecule has 1 amide bonds. The zero-order chi connectivity index (χ0) is 28.7. The second kappa shape index (κ2) is 10.5. The number of para-hydroxylation sites is 1. The monoisotopic (exact) mass is 561 g/mol. The molecule has 0 saturated carbocycles. The molecule has 0 spiro atoms. The van der Waals surface area contributed by atoms with Crippen molar-refractivity contribution in [3.8, 4) is 5.69 Å². The van der Waals surface area contributed by atoms with Crippen LogP contribution in [0.15, 0.2) is 77.0 Å². The van der Waals surface area contributed by atoms with Gasteiger partial charge in [-0.05, 0) is 62.1 Å². The van der Waals surface area contributed by atoms with E-state index >= 15 is 0 Å². The molecule has 0 radical (unpaired) electrons. The molecule has 10 heteroatoms. The lowest BCUT2D eigenvalue weighted by Gasteiger charge is -2.21. The van der Waals surface area contributed by atoms with Crippen LogP contribution in [0, 0.1) is 13.8 Å². The van der Waals surface area contributed by atoms with Crippen LogP contribution in [0.4, 0.5) is 5.82 Å². The number of nitrogen functional groups attached to an aromatic ring is 1. The number of nitrogens with one attached hydrogen (secondary N) is 1. The molecule has 6 rings (SSSR count). The number of pyridine rings is 1. The molecule has 204 valence electrons. The Kier molecular flexibility index (Phi) is 6.68. The summed E-state index contributed by atoms with van der Waals surface area (Å²) in [5.41, 5.74) is 10.3. The lowest BCUT2D eigenvalue weighted by atomic mass is 10.0. The second-order valence-electron chi connectivity index (χ2n) is 9.76. The predicted octanol–water partition coefficient (Wildman–Crippen LogP) is 5.35. The van der Waals surface area contributed by atoms with Crippen LogP contribution in [0.3, 0.4) is 0 Å². The summed E-state index contributed by atoms with van der Waals surface area (Å²) in [6, 6.07) is 18.3. The molecule has 4 aromatic heterocycles. The van der Waals surface area contributed by atoms with Gasteiger partial charge in [0.1, 0.15) is 5.56 Å². The fourth-order valence-electron chi connectivity index (χ4n) is 4.98. The molecule has 0 fully saturated rings. The van der Waals surface area contributed by atoms with E-state index in [1.165, 1.54) is 0 Å². The van der Waals surface area contributed by atoms with E-state index in [0.717, 1.165) is 27.3 Å². The normalized spacial score (nSPS) is 12.4. The Bertz CT molecular complexity index is 2020. The third-order valence-corrected chi connectivity index (χ3v) is 7.74. The van der Waals surface area contributed by atoms with E-state index in [1.54, 1.807) is 32.7 Å². The predicted molar refractivity (Wildman–Crippen MR) is 163 cm³/mol. The van der Waals surface area contributed by atoms with Crippen molar-refractivity contribution >= 4 is 51.6 Å². The van der Waals surface area contributed by atoms with Gasteiger partial charge in [0.2, 0.25) is 0 Å². The molecule has 0 aliphatic rings. The first-order valence-electron chi connectivity index (χ1n) is 13.1. The van der Waals surface area contributed by atoms with E-state index in [1.807, 2.05) is 92.9 Å². The van der Waals surface area contributed by atoms with E-state index in [4.69, 9.17) is 5.73 Å². The summed E-state index contributed by atoms with van der Waals surface area (Å²) < 4.78 is 3.20. The Morgan fingerprint density at radius 2 is 1.88 bits per heavy atom. The SMILES string of the molecule is Cc1nc(/C=C/c2cccc3cc([C@H](C)NC(=O)c4c(N)nn5c(C)ccnc45)n(-c4ccccc4)c(=O)c23)cs1. The number of thiazole rings is 1. The van der Waals surface area contributed by atoms with Crippen LogP contribution in [0.2, 0.25) is 0 Å². The van der Waals surface area contributed by atoms with Crippen molar-refractivity contribution in [2.24, 2.45) is 0 Å². The average Bonchev–Trinajstić information content (AvgIpc) is 3.54. The number of hydrogen-bond donors (Lipinski definition) is 2. The van der Waals surface area contributed by atoms with Crippen LogP contribution < -0.4 is 16.6 Å². The Balaban J connectivity index is 1.46. The van der Waals surface area contributed by atoms with Crippen LogP contribution in [0.1, 0.15) is 51.0 Å². The molecule has 0 bridgehead atoms. The lowest BCUT2D eigenvalue weighted by Crippen LogP contribution is -2.32. The summed E-state index contributed by atoms with van der Waals surface area (Å²) in [4.78, 5) is 36.6. The van der Waals surface area contributed by atoms with Gasteiger partial charge in [0.25, 0.3) is 11.5 Å². The highest BCUT2D eigenvalue weighted by Gasteiger charge is 2.24. The van der Waals surface area contributed by atoms with Crippen molar-refractivity contribution in [3.63, 3.8) is 0 Å². The van der Waals surface area contributed by atoms with Crippen molar-refractivity contribution in [1.82, 2.24) is 29.5 Å². The van der Waals surface area contributed by atoms with Crippen LogP contribution >= 0.6 is 11.3 Å². The average molecular weight is 562 g/mol. The second-order valence-corrected chi connectivity index (χ2v) is 10.8. The molecule has 0 aliphatic carbocycles. The Labute approximate surface area is 239 Å². The zero-order valence-corrected chi connectivity index (χ0v) is 23.5. The van der Waals surface area contributed by atoms with Gasteiger partial charge in [-0.3, -0.25) is 14.2 Å². The van der Waals surface area contributed by atoms with Crippen molar-refractivity contribution in [3.05, 3.63) is 116 Å². The third kappa shape index (κ3) is 4.78. The largest absolute Gasteiger partial charge is 0.381 e. The molecular formula is C31H27N7O2S. The van der Waals surface area contributed by atoms with Gasteiger partial charge in [-0.15, -0.1) is 16.4 Å². The highest BCUT2D eigenvalue weighted by Crippen LogP contribution is 2.26. The molecule has 6 aromatic rings. The number of nitrogens with zero attached hydrogens (tertiary/aromatic N) is 5. The summed E-state index contributed by atoms with van der Waals surface area (Å²) in [7, 11) is 0. The minimum Gasteiger partial charge on any atom is -0.381 e. The van der Waals surface area contributed by atoms with Crippen LogP contribution in [0.25, 0.3) is 34.3 Å². The van der Waals surface area contributed by atoms with Gasteiger partial charge >= 0.3 is 0 Å². The number of hydrogen-bond acceptors (Lipinski definition) is 7. The standard InChI is InChI=1S/C31H27N7O2S/c1-18-14-15-33-29-27(28(32)36-38(18)29)30(39)34-19(2)25-16-22-9-7-8-21(12-13-23-17-41-20(3)35-23)26(22)31(40)37(25)24-10-5-4-6-11-24/h4-17,19H,1-3H3,(H2,32,36)(H,34,39)/b13-12+/t19-/m0/s1. The molecule has 41 heavy (non-hydrogen) atoms. The van der Waals surface area contributed by atoms with E-state index in [2.05, 4.69) is 20.4 Å². The number of aryl methyl sites for hydroxylation is 2. The van der Waals surface area contributed by atoms with E-state index in [-0.39, 0.29) is 16.9 Å². The molecule has 2 aromatic carbocycles. The smallest absolute Gasteiger partial charge is 0.263 e. The molecule has 0 saturated heterocycles. The summed E-state index contributed by atoms with van der Waals surface area (Å²) in [5, 5.41) is 11.6. The number of carbonyl (C=O) groups is 1. The molecular weight excluding hydrogens is 534 g/mol. The van der Waals surface area contributed by atoms with Crippen LogP contribution in [-0.4, -0.2) is 30.1 Å². The molecule has 0 unspecified atom stereocenters. The minimum absolute atomic E-state index is 0.0854. The van der Waals surface area contributed by atoms with Gasteiger partial charge in [0.05, 0.1) is 22.1 Å². The Morgan fingerprint density at radius 3 is 2.63 bits per heavy atom. The highest BCUT2D eigenvalue weighted by molar-refractivity contribution is 7.09. The summed E-state index contributed by atoms with van der Waals surface area (Å²) >= 11 is 1.58. The first-order chi connectivity index (χ1) is 19.8. The number of carbonyl (C=O) groups excluding carboxylic acids is 1. The highest BCUT2D eigenvalue weighted by atomic mass is 32.1. The zero-order valence-electron chi connectivity index (χ0n) is 22.7. The summed E-state index contributed by atoms with van der Waals surface area (Å²) in [5.74, 6) is -0.340. The number of amides is 1. The quantitative estimate of drug-likeness (QED) is 0.283. The lowest BCUT2D eigenvalue weighted by molar-refractivity contribution is 0.0941. The fraction of sp³-hybridized carbons (Fsp3) is 0.129.